The first-order chi connectivity index (χ1) is 6.27. The van der Waals surface area contributed by atoms with E-state index in [1.807, 2.05) is 0 Å². The van der Waals surface area contributed by atoms with Crippen LogP contribution in [0.4, 0.5) is 0 Å². The van der Waals surface area contributed by atoms with Crippen LogP contribution in [0.3, 0.4) is 0 Å². The van der Waals surface area contributed by atoms with Gasteiger partial charge in [-0.3, -0.25) is 0 Å². The molecule has 1 aromatic carbocycles. The van der Waals surface area contributed by atoms with Crippen molar-refractivity contribution in [2.24, 2.45) is 5.92 Å². The van der Waals surface area contributed by atoms with Gasteiger partial charge in [0.2, 0.25) is 0 Å². The van der Waals surface area contributed by atoms with E-state index in [-0.39, 0.29) is 0 Å². The molecule has 0 atom stereocenters. The Hall–Kier alpha value is 0.180. The maximum atomic E-state index is 3.53. The van der Waals surface area contributed by atoms with Crippen LogP contribution in [0.25, 0.3) is 0 Å². The summed E-state index contributed by atoms with van der Waals surface area (Å²) in [6, 6.07) is 8.60. The van der Waals surface area contributed by atoms with Crippen molar-refractivity contribution in [3.05, 3.63) is 35.4 Å². The smallest absolute Gasteiger partial charge is 0.00708 e. The van der Waals surface area contributed by atoms with Gasteiger partial charge in [-0.2, -0.15) is 0 Å². The van der Waals surface area contributed by atoms with Gasteiger partial charge in [-0.05, 0) is 30.4 Å². The van der Waals surface area contributed by atoms with Gasteiger partial charge in [0, 0.05) is 10.7 Å². The Balaban J connectivity index is 2.67. The molecule has 0 aliphatic heterocycles. The van der Waals surface area contributed by atoms with Crippen LogP contribution in [-0.2, 0) is 6.42 Å². The maximum Gasteiger partial charge on any atom is 0.00708 e. The molecule has 2 heteroatoms. The largest absolute Gasteiger partial charge is 0.0925 e. The molecule has 1 aromatic rings. The Bertz CT molecular complexity index is 254. The van der Waals surface area contributed by atoms with Crippen molar-refractivity contribution < 1.29 is 0 Å². The van der Waals surface area contributed by atoms with E-state index >= 15 is 0 Å². The fourth-order valence-corrected chi connectivity index (χ4v) is 2.83. The van der Waals surface area contributed by atoms with Crippen LogP contribution in [0.2, 0.25) is 0 Å². The van der Waals surface area contributed by atoms with Crippen LogP contribution in [0.5, 0.6) is 0 Å². The van der Waals surface area contributed by atoms with Gasteiger partial charge < -0.3 is 0 Å². The molecule has 0 radical (unpaired) electrons. The summed E-state index contributed by atoms with van der Waals surface area (Å²) in [5.74, 6) is 0.695. The highest BCUT2D eigenvalue weighted by molar-refractivity contribution is 9.09. The van der Waals surface area contributed by atoms with Crippen molar-refractivity contribution in [2.45, 2.75) is 13.3 Å². The Labute approximate surface area is 97.0 Å². The van der Waals surface area contributed by atoms with Crippen molar-refractivity contribution in [3.8, 4) is 0 Å². The molecule has 0 N–H and O–H groups in total. The van der Waals surface area contributed by atoms with E-state index in [1.165, 1.54) is 11.1 Å². The number of benzene rings is 1. The molecule has 0 bridgehead atoms. The maximum absolute atomic E-state index is 3.53. The molecule has 0 aliphatic rings. The van der Waals surface area contributed by atoms with E-state index in [2.05, 4.69) is 63.0 Å². The molecule has 0 heterocycles. The Morgan fingerprint density at radius 2 is 1.77 bits per heavy atom. The average molecular weight is 306 g/mol. The van der Waals surface area contributed by atoms with Gasteiger partial charge in [0.15, 0.2) is 0 Å². The molecule has 0 unspecified atom stereocenters. The van der Waals surface area contributed by atoms with Gasteiger partial charge >= 0.3 is 0 Å². The molecule has 0 aromatic heterocycles. The number of hydrogen-bond donors (Lipinski definition) is 0. The third-order valence-corrected chi connectivity index (χ3v) is 4.04. The molecule has 1 rings (SSSR count). The molecule has 0 aliphatic carbocycles. The highest BCUT2D eigenvalue weighted by Crippen LogP contribution is 2.16. The summed E-state index contributed by atoms with van der Waals surface area (Å²) < 4.78 is 0. The zero-order chi connectivity index (χ0) is 9.68. The Morgan fingerprint density at radius 3 is 2.31 bits per heavy atom. The van der Waals surface area contributed by atoms with Gasteiger partial charge in [0.05, 0.1) is 0 Å². The highest BCUT2D eigenvalue weighted by Gasteiger charge is 2.07. The summed E-state index contributed by atoms with van der Waals surface area (Å²) in [5, 5.41) is 2.12. The first-order valence-corrected chi connectivity index (χ1v) is 6.68. The minimum Gasteiger partial charge on any atom is -0.0925 e. The first-order valence-electron chi connectivity index (χ1n) is 4.44. The SMILES string of the molecule is Cc1ccccc1CC(CBr)CBr. The van der Waals surface area contributed by atoms with E-state index in [0.29, 0.717) is 5.92 Å². The van der Waals surface area contributed by atoms with Crippen LogP contribution >= 0.6 is 31.9 Å². The van der Waals surface area contributed by atoms with Gasteiger partial charge in [-0.25, -0.2) is 0 Å². The average Bonchev–Trinajstić information content (AvgIpc) is 2.17. The molecule has 13 heavy (non-hydrogen) atoms. The van der Waals surface area contributed by atoms with Crippen LogP contribution < -0.4 is 0 Å². The van der Waals surface area contributed by atoms with Gasteiger partial charge in [0.25, 0.3) is 0 Å². The van der Waals surface area contributed by atoms with E-state index in [4.69, 9.17) is 0 Å². The lowest BCUT2D eigenvalue weighted by Gasteiger charge is -2.12. The zero-order valence-corrected chi connectivity index (χ0v) is 10.9. The molecule has 0 amide bonds. The first kappa shape index (κ1) is 11.3. The van der Waals surface area contributed by atoms with Crippen molar-refractivity contribution >= 4 is 31.9 Å². The lowest BCUT2D eigenvalue weighted by atomic mass is 9.99. The summed E-state index contributed by atoms with van der Waals surface area (Å²) in [6.45, 7) is 2.18. The Morgan fingerprint density at radius 1 is 1.15 bits per heavy atom. The molecule has 0 spiro atoms. The molecule has 72 valence electrons. The molecule has 0 fully saturated rings. The second-order valence-corrected chi connectivity index (χ2v) is 4.60. The number of aryl methyl sites for hydroxylation is 1. The summed E-state index contributed by atoms with van der Waals surface area (Å²) in [7, 11) is 0. The number of rotatable bonds is 4. The predicted octanol–water partition coefficient (Wildman–Crippen LogP) is 3.94. The zero-order valence-electron chi connectivity index (χ0n) is 7.76. The molecular weight excluding hydrogens is 292 g/mol. The van der Waals surface area contributed by atoms with Crippen LogP contribution in [0.15, 0.2) is 24.3 Å². The van der Waals surface area contributed by atoms with Crippen molar-refractivity contribution in [3.63, 3.8) is 0 Å². The topological polar surface area (TPSA) is 0 Å². The second kappa shape index (κ2) is 5.82. The fraction of sp³-hybridized carbons (Fsp3) is 0.455. The normalized spacial score (nSPS) is 10.8. The Kier molecular flexibility index (Phi) is 5.04. The number of alkyl halides is 2. The number of hydrogen-bond acceptors (Lipinski definition) is 0. The van der Waals surface area contributed by atoms with Crippen LogP contribution in [0, 0.1) is 12.8 Å². The monoisotopic (exact) mass is 304 g/mol. The lowest BCUT2D eigenvalue weighted by molar-refractivity contribution is 0.677. The third kappa shape index (κ3) is 3.43. The fourth-order valence-electron chi connectivity index (χ4n) is 1.30. The van der Waals surface area contributed by atoms with Crippen molar-refractivity contribution in [1.82, 2.24) is 0 Å². The lowest BCUT2D eigenvalue weighted by Crippen LogP contribution is -2.08. The predicted molar refractivity (Wildman–Crippen MR) is 66.0 cm³/mol. The summed E-state index contributed by atoms with van der Waals surface area (Å²) in [6.07, 6.45) is 1.16. The van der Waals surface area contributed by atoms with Crippen LogP contribution in [-0.4, -0.2) is 10.7 Å². The summed E-state index contributed by atoms with van der Waals surface area (Å²) in [4.78, 5) is 0. The summed E-state index contributed by atoms with van der Waals surface area (Å²) in [5.41, 5.74) is 2.86. The van der Waals surface area contributed by atoms with Gasteiger partial charge in [-0.15, -0.1) is 0 Å². The van der Waals surface area contributed by atoms with E-state index in [9.17, 15) is 0 Å². The molecular formula is C11H14Br2. The quantitative estimate of drug-likeness (QED) is 0.739. The standard InChI is InChI=1S/C11H14Br2/c1-9-4-2-3-5-11(9)6-10(7-12)8-13/h2-5,10H,6-8H2,1H3. The molecule has 0 saturated carbocycles. The van der Waals surface area contributed by atoms with Crippen LogP contribution in [0.1, 0.15) is 11.1 Å². The molecule has 0 saturated heterocycles. The van der Waals surface area contributed by atoms with Crippen molar-refractivity contribution in [1.29, 1.82) is 0 Å². The summed E-state index contributed by atoms with van der Waals surface area (Å²) >= 11 is 7.06. The van der Waals surface area contributed by atoms with E-state index in [0.717, 1.165) is 17.1 Å². The number of halogens is 2. The minimum atomic E-state index is 0.695. The highest BCUT2D eigenvalue weighted by atomic mass is 79.9. The van der Waals surface area contributed by atoms with Gasteiger partial charge in [-0.1, -0.05) is 56.1 Å². The van der Waals surface area contributed by atoms with E-state index in [1.54, 1.807) is 0 Å². The van der Waals surface area contributed by atoms with Crippen molar-refractivity contribution in [2.75, 3.05) is 10.7 Å². The van der Waals surface area contributed by atoms with E-state index < -0.39 is 0 Å². The molecule has 0 nitrogen and oxygen atoms in total. The minimum absolute atomic E-state index is 0.695. The van der Waals surface area contributed by atoms with Gasteiger partial charge in [0.1, 0.15) is 0 Å². The second-order valence-electron chi connectivity index (χ2n) is 3.31. The third-order valence-electron chi connectivity index (χ3n) is 2.21.